The van der Waals surface area contributed by atoms with Crippen LogP contribution in [0.15, 0.2) is 53.7 Å². The number of nitrogens with one attached hydrogen (secondary N) is 1. The van der Waals surface area contributed by atoms with Crippen molar-refractivity contribution in [2.45, 2.75) is 18.2 Å². The van der Waals surface area contributed by atoms with Gasteiger partial charge in [0.2, 0.25) is 5.91 Å². The summed E-state index contributed by atoms with van der Waals surface area (Å²) in [6, 6.07) is 11.9. The van der Waals surface area contributed by atoms with Gasteiger partial charge in [-0.1, -0.05) is 29.3 Å². The molecular formula is C19H15ClN4O3S. The highest BCUT2D eigenvalue weighted by atomic mass is 35.5. The van der Waals surface area contributed by atoms with E-state index in [1.165, 1.54) is 23.1 Å². The van der Waals surface area contributed by atoms with E-state index in [4.69, 9.17) is 16.9 Å². The Kier molecular flexibility index (Phi) is 5.90. The summed E-state index contributed by atoms with van der Waals surface area (Å²) in [6.45, 7) is 1.91. The summed E-state index contributed by atoms with van der Waals surface area (Å²) in [6.07, 6.45) is 2.87. The molecule has 0 aliphatic rings. The van der Waals surface area contributed by atoms with Crippen molar-refractivity contribution in [1.82, 2.24) is 9.78 Å². The first kappa shape index (κ1) is 19.8. The van der Waals surface area contributed by atoms with Crippen LogP contribution in [0.5, 0.6) is 0 Å². The molecule has 0 aliphatic heterocycles. The van der Waals surface area contributed by atoms with Crippen LogP contribution in [0.4, 0.5) is 5.69 Å². The molecule has 1 aromatic heterocycles. The molecule has 0 saturated carbocycles. The Balaban J connectivity index is 1.84. The zero-order valence-electron chi connectivity index (χ0n) is 14.7. The van der Waals surface area contributed by atoms with Crippen molar-refractivity contribution in [3.05, 3.63) is 70.5 Å². The fraction of sp³-hybridized carbons (Fsp3) is 0.105. The molecule has 142 valence electrons. The number of aryl methyl sites for hydroxylation is 1. The Hall–Kier alpha value is -2.99. The van der Waals surface area contributed by atoms with E-state index in [9.17, 15) is 13.6 Å². The lowest BCUT2D eigenvalue weighted by atomic mass is 10.1. The van der Waals surface area contributed by atoms with Gasteiger partial charge in [-0.2, -0.15) is 10.4 Å². The molecule has 0 fully saturated rings. The minimum absolute atomic E-state index is 0.0546. The standard InChI is InChI=1S/C19H15ClN4O3S/c1-12-2-4-16(20)14(6-12)7-19(25)23-15-3-5-17(18(8-15)28(26)27)24-11-13(9-21)10-22-24/h2-6,8,10-11H,7H2,1H3,(H,23,25)(H,26,27). The molecule has 1 heterocycles. The van der Waals surface area contributed by atoms with Gasteiger partial charge in [0.15, 0.2) is 11.1 Å². The topological polar surface area (TPSA) is 108 Å². The molecule has 1 unspecified atom stereocenters. The largest absolute Gasteiger partial charge is 0.326 e. The molecule has 1 atom stereocenters. The number of amides is 1. The summed E-state index contributed by atoms with van der Waals surface area (Å²) in [5, 5.41) is 16.1. The van der Waals surface area contributed by atoms with E-state index in [-0.39, 0.29) is 17.2 Å². The fourth-order valence-corrected chi connectivity index (χ4v) is 3.40. The third-order valence-electron chi connectivity index (χ3n) is 3.94. The number of hydrogen-bond acceptors (Lipinski definition) is 4. The van der Waals surface area contributed by atoms with Crippen molar-refractivity contribution in [3.8, 4) is 11.8 Å². The van der Waals surface area contributed by atoms with Crippen LogP contribution in [0.3, 0.4) is 0 Å². The average Bonchev–Trinajstić information content (AvgIpc) is 3.13. The number of carbonyl (C=O) groups is 1. The lowest BCUT2D eigenvalue weighted by Gasteiger charge is -2.11. The summed E-state index contributed by atoms with van der Waals surface area (Å²) in [5.74, 6) is -0.305. The summed E-state index contributed by atoms with van der Waals surface area (Å²) in [7, 11) is 0. The number of anilines is 1. The highest BCUT2D eigenvalue weighted by molar-refractivity contribution is 7.79. The van der Waals surface area contributed by atoms with E-state index in [2.05, 4.69) is 10.4 Å². The molecular weight excluding hydrogens is 400 g/mol. The maximum Gasteiger partial charge on any atom is 0.228 e. The van der Waals surface area contributed by atoms with E-state index < -0.39 is 11.1 Å². The lowest BCUT2D eigenvalue weighted by molar-refractivity contribution is -0.115. The maximum absolute atomic E-state index is 12.4. The van der Waals surface area contributed by atoms with E-state index in [1.54, 1.807) is 18.2 Å². The lowest BCUT2D eigenvalue weighted by Crippen LogP contribution is -2.15. The van der Waals surface area contributed by atoms with Crippen molar-refractivity contribution in [3.63, 3.8) is 0 Å². The van der Waals surface area contributed by atoms with Crippen LogP contribution in [0.25, 0.3) is 5.69 Å². The molecule has 3 aromatic rings. The first-order chi connectivity index (χ1) is 13.4. The van der Waals surface area contributed by atoms with Crippen molar-refractivity contribution in [2.75, 3.05) is 5.32 Å². The van der Waals surface area contributed by atoms with Gasteiger partial charge in [0.05, 0.1) is 28.8 Å². The Morgan fingerprint density at radius 3 is 2.82 bits per heavy atom. The van der Waals surface area contributed by atoms with Crippen molar-refractivity contribution < 1.29 is 13.6 Å². The molecule has 28 heavy (non-hydrogen) atoms. The predicted molar refractivity (Wildman–Crippen MR) is 106 cm³/mol. The van der Waals surface area contributed by atoms with E-state index >= 15 is 0 Å². The minimum atomic E-state index is -2.32. The molecule has 2 aromatic carbocycles. The van der Waals surface area contributed by atoms with Crippen LogP contribution < -0.4 is 5.32 Å². The number of nitriles is 1. The van der Waals surface area contributed by atoms with Gasteiger partial charge in [-0.3, -0.25) is 4.79 Å². The van der Waals surface area contributed by atoms with Gasteiger partial charge in [-0.05, 0) is 36.8 Å². The van der Waals surface area contributed by atoms with Crippen molar-refractivity contribution >= 4 is 34.3 Å². The number of aromatic nitrogens is 2. The summed E-state index contributed by atoms with van der Waals surface area (Å²) < 4.78 is 22.7. The summed E-state index contributed by atoms with van der Waals surface area (Å²) >= 11 is 3.81. The van der Waals surface area contributed by atoms with Crippen LogP contribution in [0, 0.1) is 18.3 Å². The quantitative estimate of drug-likeness (QED) is 0.621. The van der Waals surface area contributed by atoms with Crippen molar-refractivity contribution in [1.29, 1.82) is 5.26 Å². The fourth-order valence-electron chi connectivity index (χ4n) is 2.65. The first-order valence-corrected chi connectivity index (χ1v) is 9.61. The number of benzene rings is 2. The molecule has 1 amide bonds. The van der Waals surface area contributed by atoms with Crippen LogP contribution in [-0.2, 0) is 22.3 Å². The van der Waals surface area contributed by atoms with Crippen molar-refractivity contribution in [2.24, 2.45) is 0 Å². The number of nitrogens with zero attached hydrogens (tertiary/aromatic N) is 3. The van der Waals surface area contributed by atoms with Gasteiger partial charge in [-0.15, -0.1) is 0 Å². The second-order valence-electron chi connectivity index (χ2n) is 6.04. The predicted octanol–water partition coefficient (Wildman–Crippen LogP) is 3.47. The number of carbonyl (C=O) groups excluding carboxylic acids is 1. The highest BCUT2D eigenvalue weighted by Gasteiger charge is 2.14. The first-order valence-electron chi connectivity index (χ1n) is 8.12. The van der Waals surface area contributed by atoms with E-state index in [1.807, 2.05) is 25.1 Å². The molecule has 0 aliphatic carbocycles. The molecule has 7 nitrogen and oxygen atoms in total. The normalized spacial score (nSPS) is 11.6. The van der Waals surface area contributed by atoms with Crippen LogP contribution in [0.2, 0.25) is 5.02 Å². The maximum atomic E-state index is 12.4. The Bertz CT molecular complexity index is 1120. The SMILES string of the molecule is Cc1ccc(Cl)c(CC(=O)Nc2ccc(-n3cc(C#N)cn3)c(S(=O)O)c2)c1. The summed E-state index contributed by atoms with van der Waals surface area (Å²) in [4.78, 5) is 12.4. The van der Waals surface area contributed by atoms with Gasteiger partial charge in [-0.25, -0.2) is 8.89 Å². The van der Waals surface area contributed by atoms with Gasteiger partial charge in [0.1, 0.15) is 6.07 Å². The minimum Gasteiger partial charge on any atom is -0.326 e. The van der Waals surface area contributed by atoms with Gasteiger partial charge >= 0.3 is 0 Å². The number of rotatable bonds is 5. The van der Waals surface area contributed by atoms with Gasteiger partial charge in [0, 0.05) is 16.9 Å². The van der Waals surface area contributed by atoms with Crippen LogP contribution >= 0.6 is 11.6 Å². The molecule has 2 N–H and O–H groups in total. The zero-order chi connectivity index (χ0) is 20.3. The highest BCUT2D eigenvalue weighted by Crippen LogP contribution is 2.23. The third kappa shape index (κ3) is 4.46. The second kappa shape index (κ2) is 8.35. The Morgan fingerprint density at radius 1 is 1.36 bits per heavy atom. The number of halogens is 1. The smallest absolute Gasteiger partial charge is 0.228 e. The zero-order valence-corrected chi connectivity index (χ0v) is 16.3. The Labute approximate surface area is 168 Å². The van der Waals surface area contributed by atoms with E-state index in [0.29, 0.717) is 27.5 Å². The third-order valence-corrected chi connectivity index (χ3v) is 5.01. The average molecular weight is 415 g/mol. The van der Waals surface area contributed by atoms with E-state index in [0.717, 1.165) is 5.56 Å². The number of hydrogen-bond donors (Lipinski definition) is 2. The molecule has 0 spiro atoms. The van der Waals surface area contributed by atoms with Gasteiger partial charge < -0.3 is 9.87 Å². The monoisotopic (exact) mass is 414 g/mol. The Morgan fingerprint density at radius 2 is 2.14 bits per heavy atom. The second-order valence-corrected chi connectivity index (χ2v) is 7.38. The molecule has 9 heteroatoms. The molecule has 0 bridgehead atoms. The van der Waals surface area contributed by atoms with Gasteiger partial charge in [0.25, 0.3) is 0 Å². The molecule has 0 radical (unpaired) electrons. The van der Waals surface area contributed by atoms with Crippen LogP contribution in [0.1, 0.15) is 16.7 Å². The van der Waals surface area contributed by atoms with Crippen LogP contribution in [-0.4, -0.2) is 24.4 Å². The molecule has 3 rings (SSSR count). The summed E-state index contributed by atoms with van der Waals surface area (Å²) in [5.41, 5.74) is 2.71. The molecule has 0 saturated heterocycles.